The van der Waals surface area contributed by atoms with Crippen LogP contribution in [0.1, 0.15) is 132 Å². The van der Waals surface area contributed by atoms with Crippen LogP contribution >= 0.6 is 0 Å². The third-order valence-corrected chi connectivity index (χ3v) is 9.68. The van der Waals surface area contributed by atoms with Gasteiger partial charge in [0.15, 0.2) is 0 Å². The molecule has 2 aliphatic heterocycles. The molecule has 44 heavy (non-hydrogen) atoms. The molecule has 2 N–H and O–H groups in total. The Kier molecular flexibility index (Phi) is 9.65. The molecule has 5 nitrogen and oxygen atoms in total. The van der Waals surface area contributed by atoms with Gasteiger partial charge in [-0.25, -0.2) is 9.97 Å². The van der Waals surface area contributed by atoms with Crippen LogP contribution in [0.2, 0.25) is 0 Å². The maximum absolute atomic E-state index is 5.51. The van der Waals surface area contributed by atoms with Crippen LogP contribution in [0.25, 0.3) is 44.4 Å². The highest BCUT2D eigenvalue weighted by atomic mass is 15.1. The fourth-order valence-corrected chi connectivity index (χ4v) is 7.74. The molecule has 0 aliphatic carbocycles. The molecule has 0 amide bonds. The minimum Gasteiger partial charge on any atom is -0.355 e. The second-order valence-corrected chi connectivity index (χ2v) is 12.4. The van der Waals surface area contributed by atoms with E-state index in [0.29, 0.717) is 0 Å². The van der Waals surface area contributed by atoms with E-state index in [4.69, 9.17) is 9.97 Å². The smallest absolute Gasteiger partial charge is 0.0739 e. The Morgan fingerprint density at radius 3 is 1.09 bits per heavy atom. The van der Waals surface area contributed by atoms with E-state index in [0.717, 1.165) is 80.7 Å². The third-order valence-electron chi connectivity index (χ3n) is 9.68. The Hall–Kier alpha value is -3.44. The molecule has 2 aliphatic rings. The average Bonchev–Trinajstić information content (AvgIpc) is 3.74. The van der Waals surface area contributed by atoms with E-state index in [2.05, 4.69) is 103 Å². The normalized spacial score (nSPS) is 13.6. The molecule has 3 aromatic heterocycles. The van der Waals surface area contributed by atoms with Crippen molar-refractivity contribution in [2.45, 2.75) is 113 Å². The molecule has 0 atom stereocenters. The first-order valence-corrected chi connectivity index (χ1v) is 17.2. The molecule has 0 aromatic carbocycles. The Balaban J connectivity index is 2.10. The van der Waals surface area contributed by atoms with Crippen LogP contribution < -0.4 is 0 Å². The van der Waals surface area contributed by atoms with Crippen LogP contribution in [-0.2, 0) is 32.2 Å². The van der Waals surface area contributed by atoms with Gasteiger partial charge in [0, 0.05) is 34.2 Å². The lowest BCUT2D eigenvalue weighted by atomic mass is 9.93. The lowest BCUT2D eigenvalue weighted by Gasteiger charge is -2.16. The van der Waals surface area contributed by atoms with Crippen molar-refractivity contribution in [3.63, 3.8) is 0 Å². The van der Waals surface area contributed by atoms with Gasteiger partial charge in [-0.3, -0.25) is 0 Å². The fourth-order valence-electron chi connectivity index (χ4n) is 7.74. The number of H-pyrrole nitrogens is 2. The van der Waals surface area contributed by atoms with Crippen molar-refractivity contribution < 1.29 is 0 Å². The standard InChI is InChI=1S/C39H53N5/c1-11-23-25(13-3)34-20-36-27(15-5)29(17-7)38(42-36)31(22-44(9)10)39-30(18-8)28(16-6)37(43-39)21-35-26(14-4)24(12-2)33(41-35)19-32(23)40-34/h19-21,40-41H,11-18,22H2,1-10H3. The van der Waals surface area contributed by atoms with Crippen molar-refractivity contribution in [1.29, 1.82) is 0 Å². The average molecular weight is 592 g/mol. The molecule has 0 saturated carbocycles. The molecular formula is C39H53N5. The highest BCUT2D eigenvalue weighted by molar-refractivity contribution is 5.97. The zero-order valence-corrected chi connectivity index (χ0v) is 28.9. The zero-order chi connectivity index (χ0) is 31.7. The largest absolute Gasteiger partial charge is 0.355 e. The number of allylic oxidation sites excluding steroid dienone is 4. The number of hydrogen-bond donors (Lipinski definition) is 2. The molecule has 234 valence electrons. The number of aryl methyl sites for hydroxylation is 4. The Morgan fingerprint density at radius 2 is 0.795 bits per heavy atom. The first kappa shape index (κ1) is 32.0. The van der Waals surface area contributed by atoms with Gasteiger partial charge in [0.1, 0.15) is 0 Å². The molecule has 3 aromatic rings. The summed E-state index contributed by atoms with van der Waals surface area (Å²) in [4.78, 5) is 21.0. The monoisotopic (exact) mass is 591 g/mol. The number of aromatic amines is 2. The van der Waals surface area contributed by atoms with Crippen molar-refractivity contribution in [3.05, 3.63) is 68.8 Å². The Labute approximate surface area is 264 Å². The van der Waals surface area contributed by atoms with Crippen LogP contribution in [0, 0.1) is 0 Å². The number of fused-ring (bicyclic) bond motifs is 8. The SMILES string of the molecule is CCC1=C(CC)c2nc1cc1[nH]c(cc3[nH]c(cc4nc(c2CN(C)C)C(CC)=C4CC)c(CC)c3CC)c(CC)c1CC. The molecule has 0 unspecified atom stereocenters. The third kappa shape index (κ3) is 5.38. The number of nitrogens with one attached hydrogen (secondary N) is 2. The van der Waals surface area contributed by atoms with Crippen molar-refractivity contribution in [1.82, 2.24) is 24.8 Å². The molecule has 8 bridgehead atoms. The summed E-state index contributed by atoms with van der Waals surface area (Å²) in [6.45, 7) is 19.0. The maximum Gasteiger partial charge on any atom is 0.0739 e. The van der Waals surface area contributed by atoms with E-state index >= 15 is 0 Å². The van der Waals surface area contributed by atoms with Crippen LogP contribution in [0.15, 0.2) is 18.2 Å². The zero-order valence-electron chi connectivity index (χ0n) is 28.9. The van der Waals surface area contributed by atoms with Crippen molar-refractivity contribution in [3.8, 4) is 0 Å². The van der Waals surface area contributed by atoms with E-state index < -0.39 is 0 Å². The van der Waals surface area contributed by atoms with Gasteiger partial charge in [0.2, 0.25) is 0 Å². The number of aromatic nitrogens is 4. The summed E-state index contributed by atoms with van der Waals surface area (Å²) in [6.07, 6.45) is 7.76. The van der Waals surface area contributed by atoms with E-state index in [-0.39, 0.29) is 0 Å². The highest BCUT2D eigenvalue weighted by Crippen LogP contribution is 2.42. The number of nitrogens with zero attached hydrogens (tertiary/aromatic N) is 3. The molecule has 5 rings (SSSR count). The van der Waals surface area contributed by atoms with E-state index in [1.807, 2.05) is 0 Å². The minimum atomic E-state index is 0.799. The van der Waals surface area contributed by atoms with Crippen LogP contribution in [0.5, 0.6) is 0 Å². The topological polar surface area (TPSA) is 60.6 Å². The van der Waals surface area contributed by atoms with Gasteiger partial charge in [-0.2, -0.15) is 0 Å². The van der Waals surface area contributed by atoms with E-state index in [9.17, 15) is 0 Å². The minimum absolute atomic E-state index is 0.799. The van der Waals surface area contributed by atoms with Gasteiger partial charge in [0.25, 0.3) is 0 Å². The van der Waals surface area contributed by atoms with Crippen molar-refractivity contribution in [2.75, 3.05) is 14.1 Å². The Bertz CT molecular complexity index is 1670. The summed E-state index contributed by atoms with van der Waals surface area (Å²) in [5, 5.41) is 0. The lowest BCUT2D eigenvalue weighted by Crippen LogP contribution is -2.14. The molecule has 0 spiro atoms. The number of rotatable bonds is 10. The van der Waals surface area contributed by atoms with Crippen LogP contribution in [0.3, 0.4) is 0 Å². The van der Waals surface area contributed by atoms with Crippen molar-refractivity contribution in [2.24, 2.45) is 0 Å². The van der Waals surface area contributed by atoms with Gasteiger partial charge in [0.05, 0.1) is 22.8 Å². The quantitative estimate of drug-likeness (QED) is 0.247. The molecule has 5 heteroatoms. The van der Waals surface area contributed by atoms with E-state index in [1.54, 1.807) is 0 Å². The number of hydrogen-bond acceptors (Lipinski definition) is 3. The highest BCUT2D eigenvalue weighted by Gasteiger charge is 2.27. The lowest BCUT2D eigenvalue weighted by molar-refractivity contribution is 0.400. The molecule has 0 fully saturated rings. The summed E-state index contributed by atoms with van der Waals surface area (Å²) in [5.41, 5.74) is 21.6. The van der Waals surface area contributed by atoms with Crippen LogP contribution in [-0.4, -0.2) is 38.9 Å². The fraction of sp³-hybridized carbons (Fsp3) is 0.487. The van der Waals surface area contributed by atoms with Gasteiger partial charge in [-0.1, -0.05) is 55.4 Å². The summed E-state index contributed by atoms with van der Waals surface area (Å²) < 4.78 is 0. The summed E-state index contributed by atoms with van der Waals surface area (Å²) in [6, 6.07) is 7.04. The van der Waals surface area contributed by atoms with Crippen molar-refractivity contribution >= 4 is 44.4 Å². The molecular weight excluding hydrogens is 538 g/mol. The molecule has 0 radical (unpaired) electrons. The predicted molar refractivity (Wildman–Crippen MR) is 191 cm³/mol. The summed E-state index contributed by atoms with van der Waals surface area (Å²) in [7, 11) is 4.32. The molecule has 0 saturated heterocycles. The van der Waals surface area contributed by atoms with Gasteiger partial charge < -0.3 is 14.9 Å². The first-order valence-electron chi connectivity index (χ1n) is 17.2. The van der Waals surface area contributed by atoms with Crippen LogP contribution in [0.4, 0.5) is 0 Å². The first-order chi connectivity index (χ1) is 21.3. The summed E-state index contributed by atoms with van der Waals surface area (Å²) >= 11 is 0. The second kappa shape index (κ2) is 13.3. The van der Waals surface area contributed by atoms with Gasteiger partial charge in [-0.05, 0) is 128 Å². The second-order valence-electron chi connectivity index (χ2n) is 12.4. The molecule has 5 heterocycles. The maximum atomic E-state index is 5.51. The van der Waals surface area contributed by atoms with Gasteiger partial charge >= 0.3 is 0 Å². The summed E-state index contributed by atoms with van der Waals surface area (Å²) in [5.74, 6) is 0. The van der Waals surface area contributed by atoms with Gasteiger partial charge in [-0.15, -0.1) is 0 Å². The predicted octanol–water partition coefficient (Wildman–Crippen LogP) is 10.1. The van der Waals surface area contributed by atoms with E-state index in [1.165, 1.54) is 72.2 Å². The Morgan fingerprint density at radius 1 is 0.455 bits per heavy atom.